The lowest BCUT2D eigenvalue weighted by atomic mass is 10.1. The van der Waals surface area contributed by atoms with Crippen molar-refractivity contribution in [3.05, 3.63) is 41.7 Å². The summed E-state index contributed by atoms with van der Waals surface area (Å²) in [4.78, 5) is 23.8. The van der Waals surface area contributed by atoms with Crippen LogP contribution in [-0.2, 0) is 9.53 Å². The first kappa shape index (κ1) is 16.2. The molecule has 0 saturated carbocycles. The highest BCUT2D eigenvalue weighted by Gasteiger charge is 2.24. The number of hydrogen-bond donors (Lipinski definition) is 0. The second-order valence-electron chi connectivity index (χ2n) is 4.28. The number of hydrogen-bond acceptors (Lipinski definition) is 8. The van der Waals surface area contributed by atoms with Crippen LogP contribution in [0.15, 0.2) is 30.3 Å². The summed E-state index contributed by atoms with van der Waals surface area (Å²) in [5, 5.41) is 8.62. The SMILES string of the molecule is COc1nc(OC)nc(C(OC(=O)CC#N)c2ccccc2)n1. The van der Waals surface area contributed by atoms with Crippen molar-refractivity contribution in [2.24, 2.45) is 0 Å². The number of nitrogens with zero attached hydrogens (tertiary/aromatic N) is 4. The van der Waals surface area contributed by atoms with Crippen LogP contribution in [0.1, 0.15) is 23.9 Å². The quantitative estimate of drug-likeness (QED) is 0.737. The van der Waals surface area contributed by atoms with E-state index in [2.05, 4.69) is 15.0 Å². The van der Waals surface area contributed by atoms with E-state index in [9.17, 15) is 4.79 Å². The standard InChI is InChI=1S/C15H14N4O4/c1-21-14-17-13(18-15(19-14)22-2)12(23-11(20)8-9-16)10-6-4-3-5-7-10/h3-7,12H,8H2,1-2H3. The van der Waals surface area contributed by atoms with E-state index >= 15 is 0 Å². The number of esters is 1. The lowest BCUT2D eigenvalue weighted by Crippen LogP contribution is -2.16. The molecular formula is C15H14N4O4. The van der Waals surface area contributed by atoms with Crippen molar-refractivity contribution in [1.29, 1.82) is 5.26 Å². The van der Waals surface area contributed by atoms with Crippen LogP contribution in [0.5, 0.6) is 12.0 Å². The van der Waals surface area contributed by atoms with Gasteiger partial charge in [-0.3, -0.25) is 4.79 Å². The topological polar surface area (TPSA) is 107 Å². The lowest BCUT2D eigenvalue weighted by Gasteiger charge is -2.17. The van der Waals surface area contributed by atoms with Crippen LogP contribution in [-0.4, -0.2) is 35.1 Å². The highest BCUT2D eigenvalue weighted by atomic mass is 16.5. The summed E-state index contributed by atoms with van der Waals surface area (Å²) >= 11 is 0. The third-order valence-corrected chi connectivity index (χ3v) is 2.79. The molecule has 1 aromatic carbocycles. The highest BCUT2D eigenvalue weighted by Crippen LogP contribution is 2.26. The Morgan fingerprint density at radius 1 is 1.13 bits per heavy atom. The molecule has 2 rings (SSSR count). The molecule has 0 aliphatic heterocycles. The predicted octanol–water partition coefficient (Wildman–Crippen LogP) is 1.44. The number of methoxy groups -OCH3 is 2. The monoisotopic (exact) mass is 314 g/mol. The molecule has 0 amide bonds. The molecule has 0 radical (unpaired) electrons. The average Bonchev–Trinajstić information content (AvgIpc) is 2.60. The first-order valence-electron chi connectivity index (χ1n) is 6.63. The molecule has 1 aromatic heterocycles. The van der Waals surface area contributed by atoms with Gasteiger partial charge in [0.2, 0.25) is 0 Å². The van der Waals surface area contributed by atoms with Gasteiger partial charge in [0, 0.05) is 5.56 Å². The number of carbonyl (C=O) groups is 1. The largest absolute Gasteiger partial charge is 0.467 e. The molecule has 1 unspecified atom stereocenters. The van der Waals surface area contributed by atoms with Crippen LogP contribution >= 0.6 is 0 Å². The molecule has 8 nitrogen and oxygen atoms in total. The third-order valence-electron chi connectivity index (χ3n) is 2.79. The number of benzene rings is 1. The summed E-state index contributed by atoms with van der Waals surface area (Å²) in [6.07, 6.45) is -1.27. The van der Waals surface area contributed by atoms with E-state index in [4.69, 9.17) is 19.5 Å². The summed E-state index contributed by atoms with van der Waals surface area (Å²) in [7, 11) is 2.80. The van der Waals surface area contributed by atoms with Gasteiger partial charge in [0.25, 0.3) is 0 Å². The van der Waals surface area contributed by atoms with Crippen LogP contribution in [0.4, 0.5) is 0 Å². The van der Waals surface area contributed by atoms with Crippen LogP contribution < -0.4 is 9.47 Å². The van der Waals surface area contributed by atoms with E-state index in [1.54, 1.807) is 30.3 Å². The molecule has 0 aliphatic rings. The maximum Gasteiger partial charge on any atom is 0.322 e. The summed E-state index contributed by atoms with van der Waals surface area (Å²) in [5.74, 6) is -0.536. The molecular weight excluding hydrogens is 300 g/mol. The maximum atomic E-state index is 11.7. The van der Waals surface area contributed by atoms with Crippen LogP contribution in [0.2, 0.25) is 0 Å². The second kappa shape index (κ2) is 7.70. The normalized spacial score (nSPS) is 11.2. The number of ether oxygens (including phenoxy) is 3. The fourth-order valence-electron chi connectivity index (χ4n) is 1.79. The summed E-state index contributed by atoms with van der Waals surface area (Å²) in [6.45, 7) is 0. The summed E-state index contributed by atoms with van der Waals surface area (Å²) < 4.78 is 15.3. The Hall–Kier alpha value is -3.21. The van der Waals surface area contributed by atoms with Gasteiger partial charge in [0.1, 0.15) is 6.42 Å². The highest BCUT2D eigenvalue weighted by molar-refractivity contribution is 5.72. The van der Waals surface area contributed by atoms with Gasteiger partial charge in [0.15, 0.2) is 11.9 Å². The van der Waals surface area contributed by atoms with E-state index in [-0.39, 0.29) is 24.3 Å². The van der Waals surface area contributed by atoms with E-state index in [0.717, 1.165) is 0 Å². The molecule has 1 heterocycles. The first-order chi connectivity index (χ1) is 11.2. The summed E-state index contributed by atoms with van der Waals surface area (Å²) in [5.41, 5.74) is 0.647. The smallest absolute Gasteiger partial charge is 0.322 e. The Morgan fingerprint density at radius 2 is 1.74 bits per heavy atom. The predicted molar refractivity (Wildman–Crippen MR) is 77.5 cm³/mol. The van der Waals surface area contributed by atoms with Crippen molar-refractivity contribution >= 4 is 5.97 Å². The van der Waals surface area contributed by atoms with Crippen LogP contribution in [0, 0.1) is 11.3 Å². The molecule has 0 bridgehead atoms. The Balaban J connectivity index is 2.45. The van der Waals surface area contributed by atoms with Gasteiger partial charge in [-0.15, -0.1) is 4.98 Å². The van der Waals surface area contributed by atoms with Crippen molar-refractivity contribution in [1.82, 2.24) is 15.0 Å². The van der Waals surface area contributed by atoms with Crippen molar-refractivity contribution in [3.8, 4) is 18.1 Å². The van der Waals surface area contributed by atoms with Gasteiger partial charge < -0.3 is 14.2 Å². The number of nitriles is 1. The van der Waals surface area contributed by atoms with Crippen molar-refractivity contribution in [2.45, 2.75) is 12.5 Å². The number of carbonyl (C=O) groups excluding carboxylic acids is 1. The van der Waals surface area contributed by atoms with Gasteiger partial charge in [-0.1, -0.05) is 30.3 Å². The van der Waals surface area contributed by atoms with Crippen molar-refractivity contribution in [2.75, 3.05) is 14.2 Å². The Morgan fingerprint density at radius 3 is 2.26 bits per heavy atom. The van der Waals surface area contributed by atoms with Crippen molar-refractivity contribution in [3.63, 3.8) is 0 Å². The molecule has 0 N–H and O–H groups in total. The molecule has 0 saturated heterocycles. The van der Waals surface area contributed by atoms with E-state index in [0.29, 0.717) is 5.56 Å². The van der Waals surface area contributed by atoms with Gasteiger partial charge in [-0.2, -0.15) is 15.2 Å². The van der Waals surface area contributed by atoms with Gasteiger partial charge in [0.05, 0.1) is 20.3 Å². The third kappa shape index (κ3) is 4.14. The minimum absolute atomic E-state index is 0.0316. The van der Waals surface area contributed by atoms with Gasteiger partial charge >= 0.3 is 18.0 Å². The lowest BCUT2D eigenvalue weighted by molar-refractivity contribution is -0.146. The van der Waals surface area contributed by atoms with E-state index in [1.165, 1.54) is 14.2 Å². The first-order valence-corrected chi connectivity index (χ1v) is 6.63. The molecule has 2 aromatic rings. The molecule has 23 heavy (non-hydrogen) atoms. The zero-order valence-electron chi connectivity index (χ0n) is 12.6. The zero-order chi connectivity index (χ0) is 16.7. The number of rotatable bonds is 6. The van der Waals surface area contributed by atoms with E-state index < -0.39 is 12.1 Å². The van der Waals surface area contributed by atoms with Crippen molar-refractivity contribution < 1.29 is 19.0 Å². The van der Waals surface area contributed by atoms with Crippen LogP contribution in [0.3, 0.4) is 0 Å². The molecule has 0 spiro atoms. The maximum absolute atomic E-state index is 11.7. The summed E-state index contributed by atoms with van der Waals surface area (Å²) in [6, 6.07) is 10.7. The fraction of sp³-hybridized carbons (Fsp3) is 0.267. The molecule has 0 fully saturated rings. The zero-order valence-corrected chi connectivity index (χ0v) is 12.6. The minimum Gasteiger partial charge on any atom is -0.467 e. The Kier molecular flexibility index (Phi) is 5.41. The average molecular weight is 314 g/mol. The molecule has 1 atom stereocenters. The molecule has 0 aliphatic carbocycles. The molecule has 8 heteroatoms. The van der Waals surface area contributed by atoms with E-state index in [1.807, 2.05) is 6.07 Å². The number of aromatic nitrogens is 3. The van der Waals surface area contributed by atoms with Gasteiger partial charge in [-0.25, -0.2) is 0 Å². The van der Waals surface area contributed by atoms with Gasteiger partial charge in [-0.05, 0) is 0 Å². The Bertz CT molecular complexity index is 693. The second-order valence-corrected chi connectivity index (χ2v) is 4.28. The minimum atomic E-state index is -0.900. The Labute approximate surface area is 132 Å². The molecule has 118 valence electrons. The fourth-order valence-corrected chi connectivity index (χ4v) is 1.79. The van der Waals surface area contributed by atoms with Crippen LogP contribution in [0.25, 0.3) is 0 Å².